The SMILES string of the molecule is N#C[C@]1(Cl)C[C@@H]2C=C[C@H]1O2. The van der Waals surface area contributed by atoms with Crippen LogP contribution in [0.2, 0.25) is 0 Å². The van der Waals surface area contributed by atoms with Crippen LogP contribution in [0.4, 0.5) is 0 Å². The Hall–Kier alpha value is -0.520. The van der Waals surface area contributed by atoms with Gasteiger partial charge in [0.15, 0.2) is 4.87 Å². The van der Waals surface area contributed by atoms with Crippen molar-refractivity contribution >= 4 is 11.6 Å². The first-order chi connectivity index (χ1) is 4.74. The van der Waals surface area contributed by atoms with Gasteiger partial charge in [-0.25, -0.2) is 0 Å². The van der Waals surface area contributed by atoms with Gasteiger partial charge in [0.25, 0.3) is 0 Å². The number of nitriles is 1. The van der Waals surface area contributed by atoms with E-state index in [9.17, 15) is 0 Å². The van der Waals surface area contributed by atoms with Gasteiger partial charge in [-0.2, -0.15) is 5.26 Å². The van der Waals surface area contributed by atoms with Crippen molar-refractivity contribution in [3.8, 4) is 6.07 Å². The molecule has 2 heterocycles. The highest BCUT2D eigenvalue weighted by Crippen LogP contribution is 2.41. The van der Waals surface area contributed by atoms with Crippen LogP contribution in [-0.4, -0.2) is 17.1 Å². The van der Waals surface area contributed by atoms with Crippen molar-refractivity contribution in [3.63, 3.8) is 0 Å². The summed E-state index contributed by atoms with van der Waals surface area (Å²) in [5, 5.41) is 8.65. The van der Waals surface area contributed by atoms with E-state index >= 15 is 0 Å². The molecule has 0 saturated carbocycles. The third-order valence-electron chi connectivity index (χ3n) is 1.96. The Morgan fingerprint density at radius 1 is 1.70 bits per heavy atom. The summed E-state index contributed by atoms with van der Waals surface area (Å²) < 4.78 is 5.31. The first-order valence-corrected chi connectivity index (χ1v) is 3.56. The lowest BCUT2D eigenvalue weighted by Gasteiger charge is -2.15. The van der Waals surface area contributed by atoms with Gasteiger partial charge in [0.1, 0.15) is 6.10 Å². The van der Waals surface area contributed by atoms with E-state index in [1.807, 2.05) is 12.2 Å². The largest absolute Gasteiger partial charge is 0.364 e. The van der Waals surface area contributed by atoms with E-state index in [-0.39, 0.29) is 12.2 Å². The smallest absolute Gasteiger partial charge is 0.163 e. The first kappa shape index (κ1) is 6.21. The van der Waals surface area contributed by atoms with Gasteiger partial charge < -0.3 is 4.74 Å². The van der Waals surface area contributed by atoms with E-state index in [4.69, 9.17) is 21.6 Å². The maximum absolute atomic E-state index is 8.65. The highest BCUT2D eigenvalue weighted by atomic mass is 35.5. The quantitative estimate of drug-likeness (QED) is 0.389. The molecule has 0 N–H and O–H groups in total. The van der Waals surface area contributed by atoms with Crippen molar-refractivity contribution in [1.29, 1.82) is 5.26 Å². The highest BCUT2D eigenvalue weighted by molar-refractivity contribution is 6.26. The molecule has 0 aromatic heterocycles. The van der Waals surface area contributed by atoms with Crippen molar-refractivity contribution in [1.82, 2.24) is 0 Å². The van der Waals surface area contributed by atoms with E-state index in [0.29, 0.717) is 6.42 Å². The zero-order chi connectivity index (χ0) is 7.19. The molecule has 0 aliphatic carbocycles. The molecule has 1 saturated heterocycles. The van der Waals surface area contributed by atoms with Crippen molar-refractivity contribution in [3.05, 3.63) is 12.2 Å². The molecule has 2 nitrogen and oxygen atoms in total. The standard InChI is InChI=1S/C7H6ClNO/c8-7(4-9)3-5-1-2-6(7)10-5/h1-2,5-6H,3H2/t5-,6+,7+/m0/s1. The number of hydrogen-bond donors (Lipinski definition) is 0. The fraction of sp³-hybridized carbons (Fsp3) is 0.571. The lowest BCUT2D eigenvalue weighted by atomic mass is 9.95. The Bertz CT molecular complexity index is 232. The van der Waals surface area contributed by atoms with Crippen LogP contribution >= 0.6 is 11.6 Å². The number of fused-ring (bicyclic) bond motifs is 2. The first-order valence-electron chi connectivity index (χ1n) is 3.18. The molecule has 0 amide bonds. The fourth-order valence-corrected chi connectivity index (χ4v) is 1.67. The summed E-state index contributed by atoms with van der Waals surface area (Å²) in [4.78, 5) is -0.778. The van der Waals surface area contributed by atoms with Gasteiger partial charge in [-0.3, -0.25) is 0 Å². The van der Waals surface area contributed by atoms with Crippen LogP contribution in [0, 0.1) is 11.3 Å². The summed E-state index contributed by atoms with van der Waals surface area (Å²) in [6.45, 7) is 0. The van der Waals surface area contributed by atoms with Gasteiger partial charge in [-0.1, -0.05) is 23.8 Å². The maximum atomic E-state index is 8.65. The van der Waals surface area contributed by atoms with Crippen molar-refractivity contribution in [2.45, 2.75) is 23.5 Å². The van der Waals surface area contributed by atoms with Crippen LogP contribution in [0.1, 0.15) is 6.42 Å². The van der Waals surface area contributed by atoms with Gasteiger partial charge >= 0.3 is 0 Å². The van der Waals surface area contributed by atoms with Crippen molar-refractivity contribution in [2.75, 3.05) is 0 Å². The number of halogens is 1. The lowest BCUT2D eigenvalue weighted by Crippen LogP contribution is -2.29. The Morgan fingerprint density at radius 2 is 2.50 bits per heavy atom. The van der Waals surface area contributed by atoms with Gasteiger partial charge in [0.2, 0.25) is 0 Å². The minimum Gasteiger partial charge on any atom is -0.364 e. The summed E-state index contributed by atoms with van der Waals surface area (Å²) in [5.41, 5.74) is 0. The van der Waals surface area contributed by atoms with Crippen LogP contribution < -0.4 is 0 Å². The number of ether oxygens (including phenoxy) is 1. The second kappa shape index (κ2) is 1.75. The Kier molecular flexibility index (Phi) is 1.08. The molecule has 3 heteroatoms. The summed E-state index contributed by atoms with van der Waals surface area (Å²) in [6, 6.07) is 2.06. The minimum atomic E-state index is -0.778. The Balaban J connectivity index is 2.33. The lowest BCUT2D eigenvalue weighted by molar-refractivity contribution is 0.117. The van der Waals surface area contributed by atoms with Gasteiger partial charge in [-0.05, 0) is 0 Å². The molecular weight excluding hydrogens is 150 g/mol. The predicted octanol–water partition coefficient (Wildman–Crippen LogP) is 1.21. The number of nitrogens with zero attached hydrogens (tertiary/aromatic N) is 1. The molecule has 3 atom stereocenters. The second-order valence-electron chi connectivity index (χ2n) is 2.66. The third-order valence-corrected chi connectivity index (χ3v) is 2.41. The molecule has 0 radical (unpaired) electrons. The van der Waals surface area contributed by atoms with Crippen LogP contribution in [-0.2, 0) is 4.74 Å². The van der Waals surface area contributed by atoms with Crippen LogP contribution in [0.25, 0.3) is 0 Å². The number of hydrogen-bond acceptors (Lipinski definition) is 2. The topological polar surface area (TPSA) is 33.0 Å². The number of rotatable bonds is 0. The van der Waals surface area contributed by atoms with E-state index in [1.54, 1.807) is 0 Å². The monoisotopic (exact) mass is 155 g/mol. The summed E-state index contributed by atoms with van der Waals surface area (Å²) in [6.07, 6.45) is 4.37. The summed E-state index contributed by atoms with van der Waals surface area (Å²) >= 11 is 5.91. The third kappa shape index (κ3) is 0.622. The Morgan fingerprint density at radius 3 is 2.80 bits per heavy atom. The molecule has 0 unspecified atom stereocenters. The van der Waals surface area contributed by atoms with E-state index in [1.165, 1.54) is 0 Å². The molecule has 0 aromatic rings. The number of alkyl halides is 1. The Labute approximate surface area is 64.0 Å². The minimum absolute atomic E-state index is 0.0853. The van der Waals surface area contributed by atoms with Gasteiger partial charge in [0, 0.05) is 6.42 Å². The zero-order valence-electron chi connectivity index (χ0n) is 5.25. The zero-order valence-corrected chi connectivity index (χ0v) is 6.01. The van der Waals surface area contributed by atoms with Crippen LogP contribution in [0.15, 0.2) is 12.2 Å². The highest BCUT2D eigenvalue weighted by Gasteiger charge is 2.49. The van der Waals surface area contributed by atoms with Crippen molar-refractivity contribution in [2.24, 2.45) is 0 Å². The summed E-state index contributed by atoms with van der Waals surface area (Å²) in [7, 11) is 0. The molecular formula is C7H6ClNO. The van der Waals surface area contributed by atoms with Gasteiger partial charge in [0.05, 0.1) is 12.2 Å². The molecule has 52 valence electrons. The fourth-order valence-electron chi connectivity index (χ4n) is 1.40. The average Bonchev–Trinajstić information content (AvgIpc) is 2.46. The predicted molar refractivity (Wildman–Crippen MR) is 36.6 cm³/mol. The van der Waals surface area contributed by atoms with E-state index < -0.39 is 4.87 Å². The average molecular weight is 156 g/mol. The van der Waals surface area contributed by atoms with E-state index in [2.05, 4.69) is 6.07 Å². The normalized spacial score (nSPS) is 49.6. The van der Waals surface area contributed by atoms with Crippen LogP contribution in [0.5, 0.6) is 0 Å². The molecule has 0 aromatic carbocycles. The van der Waals surface area contributed by atoms with E-state index in [0.717, 1.165) is 0 Å². The molecule has 2 aliphatic rings. The summed E-state index contributed by atoms with van der Waals surface area (Å²) in [5.74, 6) is 0. The van der Waals surface area contributed by atoms with Crippen LogP contribution in [0.3, 0.4) is 0 Å². The van der Waals surface area contributed by atoms with Gasteiger partial charge in [-0.15, -0.1) is 0 Å². The molecule has 10 heavy (non-hydrogen) atoms. The molecule has 2 bridgehead atoms. The van der Waals surface area contributed by atoms with Crippen molar-refractivity contribution < 1.29 is 4.74 Å². The second-order valence-corrected chi connectivity index (χ2v) is 3.33. The maximum Gasteiger partial charge on any atom is 0.163 e. The molecule has 1 fully saturated rings. The molecule has 2 aliphatic heterocycles. The molecule has 0 spiro atoms. The molecule has 2 rings (SSSR count).